The lowest BCUT2D eigenvalue weighted by atomic mass is 10.1. The number of hydrogen-bond donors (Lipinski definition) is 1. The Morgan fingerprint density at radius 1 is 1.45 bits per heavy atom. The molecule has 0 amide bonds. The van der Waals surface area contributed by atoms with E-state index in [9.17, 15) is 8.42 Å². The molecule has 1 aliphatic heterocycles. The van der Waals surface area contributed by atoms with Crippen LogP contribution in [0.2, 0.25) is 0 Å². The normalized spacial score (nSPS) is 30.6. The van der Waals surface area contributed by atoms with Gasteiger partial charge in [0.15, 0.2) is 0 Å². The molecule has 0 aromatic heterocycles. The molecular weight excluding hydrogens is 162 g/mol. The molecule has 0 radical (unpaired) electrons. The lowest BCUT2D eigenvalue weighted by Gasteiger charge is -2.25. The summed E-state index contributed by atoms with van der Waals surface area (Å²) in [6.07, 6.45) is 1.79. The molecule has 0 aromatic rings. The van der Waals surface area contributed by atoms with E-state index in [1.807, 2.05) is 13.8 Å². The summed E-state index contributed by atoms with van der Waals surface area (Å²) >= 11 is 0. The largest absolute Gasteiger partial charge is 0.215 e. The highest BCUT2D eigenvalue weighted by molar-refractivity contribution is 7.90. The second-order valence-electron chi connectivity index (χ2n) is 3.36. The van der Waals surface area contributed by atoms with Crippen LogP contribution in [0, 0.1) is 5.92 Å². The van der Waals surface area contributed by atoms with Crippen LogP contribution in [-0.4, -0.2) is 20.2 Å². The lowest BCUT2D eigenvalue weighted by molar-refractivity contribution is 0.469. The van der Waals surface area contributed by atoms with E-state index in [-0.39, 0.29) is 11.2 Å². The van der Waals surface area contributed by atoms with Crippen LogP contribution in [0.1, 0.15) is 26.7 Å². The maximum atomic E-state index is 11.3. The minimum Gasteiger partial charge on any atom is -0.215 e. The van der Waals surface area contributed by atoms with Crippen molar-refractivity contribution in [1.82, 2.24) is 4.72 Å². The second-order valence-corrected chi connectivity index (χ2v) is 5.35. The second kappa shape index (κ2) is 3.11. The molecule has 0 aromatic carbocycles. The van der Waals surface area contributed by atoms with E-state index in [4.69, 9.17) is 0 Å². The van der Waals surface area contributed by atoms with E-state index < -0.39 is 10.0 Å². The van der Waals surface area contributed by atoms with Crippen LogP contribution in [0.4, 0.5) is 0 Å². The molecule has 66 valence electrons. The van der Waals surface area contributed by atoms with E-state index in [1.165, 1.54) is 0 Å². The van der Waals surface area contributed by atoms with Crippen molar-refractivity contribution < 1.29 is 8.42 Å². The molecule has 0 spiro atoms. The van der Waals surface area contributed by atoms with Crippen molar-refractivity contribution in [1.29, 1.82) is 0 Å². The molecule has 4 heteroatoms. The third-order valence-electron chi connectivity index (χ3n) is 2.11. The Balaban J connectivity index is 2.76. The fourth-order valence-electron chi connectivity index (χ4n) is 1.47. The number of hydrogen-bond acceptors (Lipinski definition) is 2. The molecule has 0 aliphatic carbocycles. The van der Waals surface area contributed by atoms with Crippen LogP contribution >= 0.6 is 0 Å². The molecule has 1 N–H and O–H groups in total. The van der Waals surface area contributed by atoms with Gasteiger partial charge in [-0.25, -0.2) is 13.1 Å². The van der Waals surface area contributed by atoms with Gasteiger partial charge in [0.05, 0.1) is 5.25 Å². The number of nitrogens with one attached hydrogen (secondary N) is 1. The number of rotatable bonds is 1. The summed E-state index contributed by atoms with van der Waals surface area (Å²) in [5.74, 6) is 0.229. The van der Waals surface area contributed by atoms with Crippen molar-refractivity contribution in [2.75, 3.05) is 6.54 Å². The Bertz CT molecular complexity index is 221. The molecule has 0 saturated carbocycles. The summed E-state index contributed by atoms with van der Waals surface area (Å²) in [5.41, 5.74) is 0. The third kappa shape index (κ3) is 1.93. The molecule has 11 heavy (non-hydrogen) atoms. The van der Waals surface area contributed by atoms with Gasteiger partial charge < -0.3 is 0 Å². The smallest absolute Gasteiger partial charge is 0.214 e. The van der Waals surface area contributed by atoms with Crippen molar-refractivity contribution in [3.63, 3.8) is 0 Å². The maximum Gasteiger partial charge on any atom is 0.214 e. The van der Waals surface area contributed by atoms with Crippen molar-refractivity contribution in [2.45, 2.75) is 31.9 Å². The molecular formula is C7H15NO2S. The summed E-state index contributed by atoms with van der Waals surface area (Å²) in [4.78, 5) is 0. The van der Waals surface area contributed by atoms with Gasteiger partial charge in [0, 0.05) is 6.54 Å². The van der Waals surface area contributed by atoms with Gasteiger partial charge in [-0.15, -0.1) is 0 Å². The molecule has 1 aliphatic rings. The predicted octanol–water partition coefficient (Wildman–Crippen LogP) is 0.724. The monoisotopic (exact) mass is 177 g/mol. The Morgan fingerprint density at radius 3 is 2.45 bits per heavy atom. The predicted molar refractivity (Wildman–Crippen MR) is 44.8 cm³/mol. The first-order valence-corrected chi connectivity index (χ1v) is 5.57. The summed E-state index contributed by atoms with van der Waals surface area (Å²) in [7, 11) is -2.97. The minimum atomic E-state index is -2.97. The molecule has 1 unspecified atom stereocenters. The first-order valence-electron chi connectivity index (χ1n) is 4.02. The van der Waals surface area contributed by atoms with Gasteiger partial charge in [0.25, 0.3) is 0 Å². The van der Waals surface area contributed by atoms with Gasteiger partial charge in [-0.05, 0) is 18.8 Å². The number of sulfonamides is 1. The standard InChI is InChI=1S/C7H15NO2S/c1-6(2)7-4-3-5-8-11(7,9)10/h6-8H,3-5H2,1-2H3. The first-order chi connectivity index (χ1) is 5.04. The van der Waals surface area contributed by atoms with E-state index in [0.29, 0.717) is 6.54 Å². The van der Waals surface area contributed by atoms with E-state index in [0.717, 1.165) is 12.8 Å². The zero-order valence-electron chi connectivity index (χ0n) is 7.00. The topological polar surface area (TPSA) is 46.2 Å². The summed E-state index contributed by atoms with van der Waals surface area (Å²) in [6.45, 7) is 4.52. The van der Waals surface area contributed by atoms with Crippen molar-refractivity contribution in [2.24, 2.45) is 5.92 Å². The fourth-order valence-corrected chi connectivity index (χ4v) is 3.31. The van der Waals surface area contributed by atoms with E-state index >= 15 is 0 Å². The van der Waals surface area contributed by atoms with Gasteiger partial charge in [-0.3, -0.25) is 0 Å². The van der Waals surface area contributed by atoms with Crippen LogP contribution in [0.3, 0.4) is 0 Å². The van der Waals surface area contributed by atoms with E-state index in [1.54, 1.807) is 0 Å². The lowest BCUT2D eigenvalue weighted by Crippen LogP contribution is -2.42. The highest BCUT2D eigenvalue weighted by Gasteiger charge is 2.30. The Morgan fingerprint density at radius 2 is 2.09 bits per heavy atom. The zero-order valence-corrected chi connectivity index (χ0v) is 7.82. The van der Waals surface area contributed by atoms with E-state index in [2.05, 4.69) is 4.72 Å². The third-order valence-corrected chi connectivity index (χ3v) is 4.29. The van der Waals surface area contributed by atoms with Gasteiger partial charge in [0.2, 0.25) is 10.0 Å². The molecule has 0 bridgehead atoms. The highest BCUT2D eigenvalue weighted by atomic mass is 32.2. The van der Waals surface area contributed by atoms with Gasteiger partial charge in [0.1, 0.15) is 0 Å². The molecule has 1 fully saturated rings. The van der Waals surface area contributed by atoms with Crippen molar-refractivity contribution in [3.05, 3.63) is 0 Å². The SMILES string of the molecule is CC(C)C1CCCNS1(=O)=O. The highest BCUT2D eigenvalue weighted by Crippen LogP contribution is 2.19. The molecule has 1 rings (SSSR count). The molecule has 3 nitrogen and oxygen atoms in total. The van der Waals surface area contributed by atoms with Gasteiger partial charge in [-0.2, -0.15) is 0 Å². The molecule has 1 atom stereocenters. The van der Waals surface area contributed by atoms with Crippen LogP contribution in [0.25, 0.3) is 0 Å². The summed E-state index contributed by atoms with van der Waals surface area (Å²) < 4.78 is 25.2. The minimum absolute atomic E-state index is 0.170. The first kappa shape index (κ1) is 9.00. The van der Waals surface area contributed by atoms with Crippen molar-refractivity contribution in [3.8, 4) is 0 Å². The quantitative estimate of drug-likeness (QED) is 0.641. The Hall–Kier alpha value is -0.0900. The summed E-state index contributed by atoms with van der Waals surface area (Å²) in [5, 5.41) is -0.170. The van der Waals surface area contributed by atoms with Crippen LogP contribution in [0.15, 0.2) is 0 Å². The molecule has 1 saturated heterocycles. The average molecular weight is 177 g/mol. The van der Waals surface area contributed by atoms with Crippen LogP contribution in [-0.2, 0) is 10.0 Å². The van der Waals surface area contributed by atoms with Crippen LogP contribution < -0.4 is 4.72 Å². The molecule has 1 heterocycles. The zero-order chi connectivity index (χ0) is 8.48. The van der Waals surface area contributed by atoms with Crippen molar-refractivity contribution >= 4 is 10.0 Å². The average Bonchev–Trinajstić information content (AvgIpc) is 1.85. The van der Waals surface area contributed by atoms with Gasteiger partial charge in [-0.1, -0.05) is 13.8 Å². The van der Waals surface area contributed by atoms with Crippen LogP contribution in [0.5, 0.6) is 0 Å². The maximum absolute atomic E-state index is 11.3. The fraction of sp³-hybridized carbons (Fsp3) is 1.00. The van der Waals surface area contributed by atoms with Gasteiger partial charge >= 0.3 is 0 Å². The summed E-state index contributed by atoms with van der Waals surface area (Å²) in [6, 6.07) is 0. The Kier molecular flexibility index (Phi) is 2.54. The Labute approximate surface area is 68.2 Å².